The summed E-state index contributed by atoms with van der Waals surface area (Å²) in [7, 11) is 1.36. The molecular formula is C16H14O6. The maximum atomic E-state index is 12.4. The fourth-order valence-electron chi connectivity index (χ4n) is 2.47. The number of carbonyl (C=O) groups excluding carboxylic acids is 1. The van der Waals surface area contributed by atoms with E-state index in [0.717, 1.165) is 0 Å². The molecule has 0 saturated heterocycles. The normalized spacial score (nSPS) is 20.2. The third-order valence-electron chi connectivity index (χ3n) is 3.55. The third-order valence-corrected chi connectivity index (χ3v) is 3.55. The number of aliphatic hydroxyl groups is 1. The summed E-state index contributed by atoms with van der Waals surface area (Å²) in [5, 5.41) is 29.2. The molecule has 0 bridgehead atoms. The molecule has 6 heteroatoms. The van der Waals surface area contributed by atoms with Crippen LogP contribution in [-0.2, 0) is 0 Å². The quantitative estimate of drug-likeness (QED) is 0.782. The van der Waals surface area contributed by atoms with Crippen LogP contribution in [0.2, 0.25) is 0 Å². The van der Waals surface area contributed by atoms with E-state index in [1.165, 1.54) is 31.4 Å². The van der Waals surface area contributed by atoms with Gasteiger partial charge < -0.3 is 24.8 Å². The Labute approximate surface area is 126 Å². The summed E-state index contributed by atoms with van der Waals surface area (Å²) in [6.45, 7) is 0. The van der Waals surface area contributed by atoms with Crippen LogP contribution in [0.1, 0.15) is 22.0 Å². The summed E-state index contributed by atoms with van der Waals surface area (Å²) in [5.41, 5.74) is 0.634. The molecule has 2 atom stereocenters. The smallest absolute Gasteiger partial charge is 0.202 e. The van der Waals surface area contributed by atoms with Gasteiger partial charge in [-0.1, -0.05) is 12.1 Å². The van der Waals surface area contributed by atoms with Gasteiger partial charge in [-0.15, -0.1) is 0 Å². The standard InChI is InChI=1S/C16H14O6/c1-21-11-6-10(18)7-12-13(11)14(19)15(20)16(22-12)8-2-4-9(17)5-3-8/h2-7,15-18,20H,1H3. The molecule has 2 aromatic rings. The molecule has 2 unspecified atom stereocenters. The largest absolute Gasteiger partial charge is 0.508 e. The molecule has 6 nitrogen and oxygen atoms in total. The number of Topliss-reactive ketones (excluding diaryl/α,β-unsaturated/α-hetero) is 1. The van der Waals surface area contributed by atoms with Gasteiger partial charge in [-0.05, 0) is 17.7 Å². The summed E-state index contributed by atoms with van der Waals surface area (Å²) in [4.78, 5) is 12.4. The zero-order valence-electron chi connectivity index (χ0n) is 11.7. The molecule has 3 N–H and O–H groups in total. The number of methoxy groups -OCH3 is 1. The molecule has 1 aliphatic rings. The first-order valence-corrected chi connectivity index (χ1v) is 6.60. The second kappa shape index (κ2) is 5.23. The van der Waals surface area contributed by atoms with Crippen LogP contribution in [0.3, 0.4) is 0 Å². The van der Waals surface area contributed by atoms with Crippen LogP contribution in [0.15, 0.2) is 36.4 Å². The van der Waals surface area contributed by atoms with Crippen LogP contribution in [0, 0.1) is 0 Å². The molecule has 0 aliphatic carbocycles. The summed E-state index contributed by atoms with van der Waals surface area (Å²) < 4.78 is 10.7. The monoisotopic (exact) mass is 302 g/mol. The summed E-state index contributed by atoms with van der Waals surface area (Å²) in [5.74, 6) is -0.297. The molecule has 0 saturated carbocycles. The number of rotatable bonds is 2. The van der Waals surface area contributed by atoms with Crippen molar-refractivity contribution in [3.63, 3.8) is 0 Å². The van der Waals surface area contributed by atoms with Crippen LogP contribution in [0.5, 0.6) is 23.0 Å². The first kappa shape index (κ1) is 14.2. The van der Waals surface area contributed by atoms with Crippen molar-refractivity contribution in [2.75, 3.05) is 7.11 Å². The van der Waals surface area contributed by atoms with Gasteiger partial charge in [-0.3, -0.25) is 4.79 Å². The van der Waals surface area contributed by atoms with Crippen molar-refractivity contribution in [3.8, 4) is 23.0 Å². The highest BCUT2D eigenvalue weighted by Crippen LogP contribution is 2.42. The van der Waals surface area contributed by atoms with E-state index < -0.39 is 18.0 Å². The van der Waals surface area contributed by atoms with Crippen LogP contribution < -0.4 is 9.47 Å². The van der Waals surface area contributed by atoms with Crippen molar-refractivity contribution in [1.29, 1.82) is 0 Å². The number of aromatic hydroxyl groups is 2. The fourth-order valence-corrected chi connectivity index (χ4v) is 2.47. The number of fused-ring (bicyclic) bond motifs is 1. The molecule has 0 fully saturated rings. The molecule has 2 aromatic carbocycles. The molecular weight excluding hydrogens is 288 g/mol. The second-order valence-electron chi connectivity index (χ2n) is 4.96. The fraction of sp³-hybridized carbons (Fsp3) is 0.188. The lowest BCUT2D eigenvalue weighted by Crippen LogP contribution is -2.36. The number of aliphatic hydroxyl groups excluding tert-OH is 1. The highest BCUT2D eigenvalue weighted by Gasteiger charge is 2.39. The lowest BCUT2D eigenvalue weighted by Gasteiger charge is -2.30. The highest BCUT2D eigenvalue weighted by atomic mass is 16.5. The predicted molar refractivity (Wildman–Crippen MR) is 76.5 cm³/mol. The number of hydrogen-bond donors (Lipinski definition) is 3. The van der Waals surface area contributed by atoms with Crippen LogP contribution in [0.4, 0.5) is 0 Å². The van der Waals surface area contributed by atoms with Crippen molar-refractivity contribution in [2.45, 2.75) is 12.2 Å². The SMILES string of the molecule is COc1cc(O)cc2c1C(=O)C(O)C(c1ccc(O)cc1)O2. The number of phenolic OH excluding ortho intramolecular Hbond substituents is 2. The highest BCUT2D eigenvalue weighted by molar-refractivity contribution is 6.05. The first-order valence-electron chi connectivity index (χ1n) is 6.60. The second-order valence-corrected chi connectivity index (χ2v) is 4.96. The van der Waals surface area contributed by atoms with Gasteiger partial charge >= 0.3 is 0 Å². The molecule has 1 aliphatic heterocycles. The Bertz CT molecular complexity index is 722. The number of phenols is 2. The topological polar surface area (TPSA) is 96.2 Å². The molecule has 0 spiro atoms. The van der Waals surface area contributed by atoms with Crippen molar-refractivity contribution in [3.05, 3.63) is 47.5 Å². The summed E-state index contributed by atoms with van der Waals surface area (Å²) >= 11 is 0. The molecule has 114 valence electrons. The lowest BCUT2D eigenvalue weighted by molar-refractivity contribution is 0.0210. The summed E-state index contributed by atoms with van der Waals surface area (Å²) in [6, 6.07) is 8.58. The van der Waals surface area contributed by atoms with E-state index in [4.69, 9.17) is 9.47 Å². The van der Waals surface area contributed by atoms with E-state index in [1.807, 2.05) is 0 Å². The summed E-state index contributed by atoms with van der Waals surface area (Å²) in [6.07, 6.45) is -2.33. The van der Waals surface area contributed by atoms with Crippen LogP contribution in [-0.4, -0.2) is 34.3 Å². The molecule has 0 aromatic heterocycles. The minimum atomic E-state index is -1.41. The van der Waals surface area contributed by atoms with E-state index >= 15 is 0 Å². The number of carbonyl (C=O) groups is 1. The molecule has 3 rings (SSSR count). The van der Waals surface area contributed by atoms with E-state index in [9.17, 15) is 20.1 Å². The van der Waals surface area contributed by atoms with Crippen molar-refractivity contribution in [1.82, 2.24) is 0 Å². The molecule has 0 amide bonds. The van der Waals surface area contributed by atoms with Gasteiger partial charge in [0.2, 0.25) is 5.78 Å². The van der Waals surface area contributed by atoms with Crippen molar-refractivity contribution >= 4 is 5.78 Å². The maximum absolute atomic E-state index is 12.4. The number of ketones is 1. The van der Waals surface area contributed by atoms with Crippen LogP contribution >= 0.6 is 0 Å². The zero-order valence-corrected chi connectivity index (χ0v) is 11.7. The van der Waals surface area contributed by atoms with Gasteiger partial charge in [0, 0.05) is 12.1 Å². The van der Waals surface area contributed by atoms with Gasteiger partial charge in [0.25, 0.3) is 0 Å². The Kier molecular flexibility index (Phi) is 3.38. The molecule has 0 radical (unpaired) electrons. The predicted octanol–water partition coefficient (Wildman–Crippen LogP) is 1.78. The zero-order chi connectivity index (χ0) is 15.9. The Morgan fingerprint density at radius 1 is 1.09 bits per heavy atom. The van der Waals surface area contributed by atoms with Crippen molar-refractivity contribution in [2.24, 2.45) is 0 Å². The Morgan fingerprint density at radius 2 is 1.77 bits per heavy atom. The Morgan fingerprint density at radius 3 is 2.41 bits per heavy atom. The number of ether oxygens (including phenoxy) is 2. The van der Waals surface area contributed by atoms with E-state index in [-0.39, 0.29) is 28.6 Å². The van der Waals surface area contributed by atoms with E-state index in [0.29, 0.717) is 5.56 Å². The Hall–Kier alpha value is -2.73. The van der Waals surface area contributed by atoms with Gasteiger partial charge in [0.15, 0.2) is 12.2 Å². The van der Waals surface area contributed by atoms with Gasteiger partial charge in [-0.2, -0.15) is 0 Å². The Balaban J connectivity index is 2.07. The van der Waals surface area contributed by atoms with Gasteiger partial charge in [0.05, 0.1) is 7.11 Å². The van der Waals surface area contributed by atoms with Gasteiger partial charge in [-0.25, -0.2) is 0 Å². The number of benzene rings is 2. The van der Waals surface area contributed by atoms with Crippen molar-refractivity contribution < 1.29 is 29.6 Å². The van der Waals surface area contributed by atoms with Crippen LogP contribution in [0.25, 0.3) is 0 Å². The van der Waals surface area contributed by atoms with E-state index in [2.05, 4.69) is 0 Å². The molecule has 22 heavy (non-hydrogen) atoms. The number of hydrogen-bond acceptors (Lipinski definition) is 6. The average molecular weight is 302 g/mol. The lowest BCUT2D eigenvalue weighted by atomic mass is 9.93. The minimum absolute atomic E-state index is 0.0695. The molecule has 1 heterocycles. The first-order chi connectivity index (χ1) is 10.5. The maximum Gasteiger partial charge on any atom is 0.202 e. The minimum Gasteiger partial charge on any atom is -0.508 e. The average Bonchev–Trinajstić information content (AvgIpc) is 2.50. The third kappa shape index (κ3) is 2.23. The van der Waals surface area contributed by atoms with E-state index in [1.54, 1.807) is 12.1 Å². The van der Waals surface area contributed by atoms with Gasteiger partial charge in [0.1, 0.15) is 28.6 Å².